The van der Waals surface area contributed by atoms with Gasteiger partial charge in [-0.25, -0.2) is 0 Å². The molecule has 1 aromatic carbocycles. The van der Waals surface area contributed by atoms with E-state index in [1.807, 2.05) is 16.8 Å². The van der Waals surface area contributed by atoms with Crippen molar-refractivity contribution in [3.8, 4) is 5.75 Å². The van der Waals surface area contributed by atoms with Gasteiger partial charge in [0.15, 0.2) is 0 Å². The first-order chi connectivity index (χ1) is 11.0. The molecule has 0 fully saturated rings. The summed E-state index contributed by atoms with van der Waals surface area (Å²) in [4.78, 5) is 11.7. The molecule has 0 aliphatic rings. The molecule has 0 spiro atoms. The number of hydrogen-bond acceptors (Lipinski definition) is 4. The number of hydrogen-bond donors (Lipinski definition) is 2. The van der Waals surface area contributed by atoms with Gasteiger partial charge in [0.25, 0.3) is 0 Å². The van der Waals surface area contributed by atoms with Crippen LogP contribution >= 0.6 is 11.3 Å². The Morgan fingerprint density at radius 2 is 2.17 bits per heavy atom. The number of aliphatic hydroxyl groups is 1. The molecule has 0 aliphatic carbocycles. The Morgan fingerprint density at radius 1 is 1.35 bits per heavy atom. The Hall–Kier alpha value is -1.99. The summed E-state index contributed by atoms with van der Waals surface area (Å²) >= 11 is 1.58. The molecule has 0 bridgehead atoms. The maximum atomic E-state index is 12.2. The average molecular weight is 341 g/mol. The molecule has 23 heavy (non-hydrogen) atoms. The van der Waals surface area contributed by atoms with Crippen molar-refractivity contribution in [2.75, 3.05) is 6.54 Å². The molecular formula is C16H17F2NO3S. The Kier molecular flexibility index (Phi) is 6.49. The minimum atomic E-state index is -2.92. The molecule has 124 valence electrons. The molecule has 2 aromatic rings. The van der Waals surface area contributed by atoms with E-state index in [4.69, 9.17) is 0 Å². The number of ether oxygens (including phenoxy) is 1. The fraction of sp³-hybridized carbons (Fsp3) is 0.312. The van der Waals surface area contributed by atoms with E-state index in [0.29, 0.717) is 18.4 Å². The van der Waals surface area contributed by atoms with Gasteiger partial charge in [-0.15, -0.1) is 0 Å². The first-order valence-electron chi connectivity index (χ1n) is 7.05. The lowest BCUT2D eigenvalue weighted by molar-refractivity contribution is -0.121. The third kappa shape index (κ3) is 5.96. The van der Waals surface area contributed by atoms with Crippen molar-refractivity contribution in [2.45, 2.75) is 25.6 Å². The maximum Gasteiger partial charge on any atom is 0.387 e. The standard InChI is InChI=1S/C16H17F2NO3S/c17-16(18)22-13-3-1-2-12(8-13)14(20)9-19-15(21)5-4-11-6-7-23-10-11/h1-3,6-8,10,14,16,20H,4-5,9H2,(H,19,21). The van der Waals surface area contributed by atoms with Gasteiger partial charge < -0.3 is 15.2 Å². The van der Waals surface area contributed by atoms with Gasteiger partial charge in [0, 0.05) is 13.0 Å². The van der Waals surface area contributed by atoms with Crippen LogP contribution in [0, 0.1) is 0 Å². The van der Waals surface area contributed by atoms with Crippen LogP contribution in [0.4, 0.5) is 8.78 Å². The second-order valence-corrected chi connectivity index (χ2v) is 5.68. The Labute approximate surface area is 136 Å². The van der Waals surface area contributed by atoms with Gasteiger partial charge in [0.1, 0.15) is 5.75 Å². The normalized spacial score (nSPS) is 12.2. The Bertz CT molecular complexity index is 620. The van der Waals surface area contributed by atoms with Crippen molar-refractivity contribution in [3.05, 3.63) is 52.2 Å². The molecule has 1 atom stereocenters. The van der Waals surface area contributed by atoms with E-state index < -0.39 is 12.7 Å². The number of aliphatic hydroxyl groups excluding tert-OH is 1. The van der Waals surface area contributed by atoms with Crippen LogP contribution in [-0.4, -0.2) is 24.2 Å². The highest BCUT2D eigenvalue weighted by molar-refractivity contribution is 7.07. The number of benzene rings is 1. The third-order valence-electron chi connectivity index (χ3n) is 3.18. The van der Waals surface area contributed by atoms with Crippen molar-refractivity contribution >= 4 is 17.2 Å². The number of aryl methyl sites for hydroxylation is 1. The Morgan fingerprint density at radius 3 is 2.87 bits per heavy atom. The minimum absolute atomic E-state index is 0.0145. The second-order valence-electron chi connectivity index (χ2n) is 4.90. The molecule has 1 unspecified atom stereocenters. The van der Waals surface area contributed by atoms with Crippen molar-refractivity contribution in [1.82, 2.24) is 5.32 Å². The molecule has 1 aromatic heterocycles. The summed E-state index contributed by atoms with van der Waals surface area (Å²) in [6, 6.07) is 7.76. The highest BCUT2D eigenvalue weighted by Crippen LogP contribution is 2.20. The van der Waals surface area contributed by atoms with Gasteiger partial charge in [-0.1, -0.05) is 12.1 Å². The van der Waals surface area contributed by atoms with Gasteiger partial charge in [0.2, 0.25) is 5.91 Å². The number of carbonyl (C=O) groups excluding carboxylic acids is 1. The van der Waals surface area contributed by atoms with Gasteiger partial charge in [-0.05, 0) is 46.5 Å². The molecule has 2 rings (SSSR count). The lowest BCUT2D eigenvalue weighted by Gasteiger charge is -2.13. The first kappa shape index (κ1) is 17.4. The summed E-state index contributed by atoms with van der Waals surface area (Å²) in [5, 5.41) is 16.6. The number of alkyl halides is 2. The summed E-state index contributed by atoms with van der Waals surface area (Å²) in [5.74, 6) is -0.199. The molecule has 2 N–H and O–H groups in total. The van der Waals surface area contributed by atoms with Crippen molar-refractivity contribution in [2.24, 2.45) is 0 Å². The summed E-state index contributed by atoms with van der Waals surface area (Å²) < 4.78 is 28.6. The minimum Gasteiger partial charge on any atom is -0.435 e. The topological polar surface area (TPSA) is 58.6 Å². The monoisotopic (exact) mass is 341 g/mol. The summed E-state index contributed by atoms with van der Waals surface area (Å²) in [5.41, 5.74) is 1.50. The maximum absolute atomic E-state index is 12.2. The zero-order valence-electron chi connectivity index (χ0n) is 12.2. The fourth-order valence-corrected chi connectivity index (χ4v) is 2.71. The quantitative estimate of drug-likeness (QED) is 0.775. The van der Waals surface area contributed by atoms with Crippen LogP contribution in [-0.2, 0) is 11.2 Å². The Balaban J connectivity index is 1.79. The van der Waals surface area contributed by atoms with Crippen molar-refractivity contribution in [1.29, 1.82) is 0 Å². The van der Waals surface area contributed by atoms with Crippen LogP contribution in [0.25, 0.3) is 0 Å². The van der Waals surface area contributed by atoms with Crippen LogP contribution < -0.4 is 10.1 Å². The number of thiophene rings is 1. The SMILES string of the molecule is O=C(CCc1ccsc1)NCC(O)c1cccc(OC(F)F)c1. The highest BCUT2D eigenvalue weighted by Gasteiger charge is 2.12. The van der Waals surface area contributed by atoms with E-state index in [2.05, 4.69) is 10.1 Å². The zero-order valence-corrected chi connectivity index (χ0v) is 13.1. The smallest absolute Gasteiger partial charge is 0.387 e. The second kappa shape index (κ2) is 8.59. The predicted octanol–water partition coefficient (Wildman–Crippen LogP) is 3.13. The van der Waals surface area contributed by atoms with E-state index in [1.165, 1.54) is 18.2 Å². The van der Waals surface area contributed by atoms with E-state index >= 15 is 0 Å². The number of carbonyl (C=O) groups is 1. The number of amides is 1. The van der Waals surface area contributed by atoms with Crippen LogP contribution in [0.3, 0.4) is 0 Å². The summed E-state index contributed by atoms with van der Waals surface area (Å²) in [6.07, 6.45) is -0.0115. The summed E-state index contributed by atoms with van der Waals surface area (Å²) in [7, 11) is 0. The van der Waals surface area contributed by atoms with Crippen LogP contribution in [0.2, 0.25) is 0 Å². The fourth-order valence-electron chi connectivity index (χ4n) is 2.01. The lowest BCUT2D eigenvalue weighted by Crippen LogP contribution is -2.28. The molecule has 7 heteroatoms. The van der Waals surface area contributed by atoms with Crippen LogP contribution in [0.1, 0.15) is 23.7 Å². The number of nitrogens with one attached hydrogen (secondary N) is 1. The van der Waals surface area contributed by atoms with E-state index in [9.17, 15) is 18.7 Å². The van der Waals surface area contributed by atoms with Gasteiger partial charge in [-0.2, -0.15) is 20.1 Å². The van der Waals surface area contributed by atoms with Crippen molar-refractivity contribution in [3.63, 3.8) is 0 Å². The summed E-state index contributed by atoms with van der Waals surface area (Å²) in [6.45, 7) is -2.90. The molecule has 1 heterocycles. The molecule has 0 aliphatic heterocycles. The van der Waals surface area contributed by atoms with Gasteiger partial charge in [0.05, 0.1) is 6.10 Å². The van der Waals surface area contributed by atoms with E-state index in [1.54, 1.807) is 17.4 Å². The van der Waals surface area contributed by atoms with Crippen LogP contribution in [0.5, 0.6) is 5.75 Å². The molecule has 4 nitrogen and oxygen atoms in total. The third-order valence-corrected chi connectivity index (χ3v) is 3.91. The van der Waals surface area contributed by atoms with Gasteiger partial charge in [-0.3, -0.25) is 4.79 Å². The predicted molar refractivity (Wildman–Crippen MR) is 83.7 cm³/mol. The lowest BCUT2D eigenvalue weighted by atomic mass is 10.1. The highest BCUT2D eigenvalue weighted by atomic mass is 32.1. The molecule has 0 saturated carbocycles. The first-order valence-corrected chi connectivity index (χ1v) is 7.99. The van der Waals surface area contributed by atoms with E-state index in [-0.39, 0.29) is 18.2 Å². The molecule has 1 amide bonds. The molecular weight excluding hydrogens is 324 g/mol. The number of rotatable bonds is 8. The average Bonchev–Trinajstić information content (AvgIpc) is 3.03. The van der Waals surface area contributed by atoms with Gasteiger partial charge >= 0.3 is 6.61 Å². The molecule has 0 saturated heterocycles. The molecule has 0 radical (unpaired) electrons. The van der Waals surface area contributed by atoms with E-state index in [0.717, 1.165) is 5.56 Å². The van der Waals surface area contributed by atoms with Crippen LogP contribution in [0.15, 0.2) is 41.1 Å². The largest absolute Gasteiger partial charge is 0.435 e. The number of halogens is 2. The zero-order chi connectivity index (χ0) is 16.7. The van der Waals surface area contributed by atoms with Crippen molar-refractivity contribution < 1.29 is 23.4 Å².